The summed E-state index contributed by atoms with van der Waals surface area (Å²) < 4.78 is 0. The lowest BCUT2D eigenvalue weighted by atomic mass is 10.2. The van der Waals surface area contributed by atoms with Gasteiger partial charge in [0.2, 0.25) is 0 Å². The molecule has 0 fully saturated rings. The predicted octanol–water partition coefficient (Wildman–Crippen LogP) is 2.20. The van der Waals surface area contributed by atoms with Crippen LogP contribution in [0.1, 0.15) is 65.7 Å². The molecule has 0 aromatic heterocycles. The van der Waals surface area contributed by atoms with Crippen LogP contribution in [-0.4, -0.2) is 38.4 Å². The Morgan fingerprint density at radius 1 is 0.800 bits per heavy atom. The van der Waals surface area contributed by atoms with Gasteiger partial charge in [0.25, 0.3) is 0 Å². The van der Waals surface area contributed by atoms with Gasteiger partial charge >= 0.3 is 0 Å². The molecule has 0 radical (unpaired) electrons. The third-order valence-electron chi connectivity index (χ3n) is 3.39. The minimum atomic E-state index is 0.184. The molecule has 0 spiro atoms. The minimum Gasteiger partial charge on any atom is -0.317 e. The van der Waals surface area contributed by atoms with Gasteiger partial charge in [-0.15, -0.1) is 0 Å². The van der Waals surface area contributed by atoms with Gasteiger partial charge in [-0.2, -0.15) is 0 Å². The van der Waals surface area contributed by atoms with Gasteiger partial charge in [-0.25, -0.2) is 0 Å². The van der Waals surface area contributed by atoms with Gasteiger partial charge < -0.3 is 21.7 Å². The lowest BCUT2D eigenvalue weighted by Gasteiger charge is -2.13. The highest BCUT2D eigenvalue weighted by Gasteiger charge is 2.00. The zero-order valence-electron chi connectivity index (χ0n) is 14.0. The fourth-order valence-corrected chi connectivity index (χ4v) is 2.07. The Bertz CT molecular complexity index is 185. The molecule has 5 N–H and O–H groups in total. The third kappa shape index (κ3) is 15.9. The van der Waals surface area contributed by atoms with E-state index >= 15 is 0 Å². The molecule has 0 bridgehead atoms. The van der Waals surface area contributed by atoms with E-state index in [2.05, 4.69) is 36.7 Å². The summed E-state index contributed by atoms with van der Waals surface area (Å²) in [5.41, 5.74) is 6.00. The first-order valence-corrected chi connectivity index (χ1v) is 8.59. The van der Waals surface area contributed by atoms with Crippen molar-refractivity contribution in [2.45, 2.75) is 77.9 Å². The van der Waals surface area contributed by atoms with Gasteiger partial charge in [-0.1, -0.05) is 27.2 Å². The van der Waals surface area contributed by atoms with Gasteiger partial charge in [-0.05, 0) is 64.7 Å². The van der Waals surface area contributed by atoms with E-state index in [1.165, 1.54) is 38.5 Å². The van der Waals surface area contributed by atoms with Crippen LogP contribution in [0.2, 0.25) is 0 Å². The van der Waals surface area contributed by atoms with E-state index < -0.39 is 0 Å². The van der Waals surface area contributed by atoms with E-state index in [-0.39, 0.29) is 6.17 Å². The van der Waals surface area contributed by atoms with Crippen LogP contribution >= 0.6 is 0 Å². The van der Waals surface area contributed by atoms with Crippen LogP contribution in [0.15, 0.2) is 0 Å². The molecule has 0 amide bonds. The highest BCUT2D eigenvalue weighted by Crippen LogP contribution is 1.97. The van der Waals surface area contributed by atoms with Crippen molar-refractivity contribution in [1.29, 1.82) is 0 Å². The maximum atomic E-state index is 6.00. The molecule has 0 aromatic rings. The Labute approximate surface area is 126 Å². The van der Waals surface area contributed by atoms with Crippen molar-refractivity contribution in [2.75, 3.05) is 26.2 Å². The van der Waals surface area contributed by atoms with Crippen molar-refractivity contribution in [3.05, 3.63) is 0 Å². The summed E-state index contributed by atoms with van der Waals surface area (Å²) in [6, 6.07) is 0.609. The number of nitrogens with one attached hydrogen (secondary N) is 3. The lowest BCUT2D eigenvalue weighted by Crippen LogP contribution is -2.37. The number of unbranched alkanes of at least 4 members (excludes halogenated alkanes) is 3. The maximum Gasteiger partial charge on any atom is 0.0546 e. The lowest BCUT2D eigenvalue weighted by molar-refractivity contribution is 0.459. The fraction of sp³-hybridized carbons (Fsp3) is 1.00. The minimum absolute atomic E-state index is 0.184. The zero-order valence-corrected chi connectivity index (χ0v) is 14.0. The smallest absolute Gasteiger partial charge is 0.0546 e. The molecule has 0 rings (SSSR count). The molecule has 0 heterocycles. The van der Waals surface area contributed by atoms with Crippen LogP contribution in [0, 0.1) is 0 Å². The van der Waals surface area contributed by atoms with E-state index in [1.807, 2.05) is 0 Å². The molecule has 122 valence electrons. The maximum absolute atomic E-state index is 6.00. The summed E-state index contributed by atoms with van der Waals surface area (Å²) >= 11 is 0. The summed E-state index contributed by atoms with van der Waals surface area (Å²) in [5, 5.41) is 10.3. The summed E-state index contributed by atoms with van der Waals surface area (Å²) in [7, 11) is 0. The normalized spacial score (nSPS) is 13.1. The van der Waals surface area contributed by atoms with Crippen molar-refractivity contribution in [3.8, 4) is 0 Å². The quantitative estimate of drug-likeness (QED) is 0.275. The van der Waals surface area contributed by atoms with E-state index in [9.17, 15) is 0 Å². The summed E-state index contributed by atoms with van der Waals surface area (Å²) in [6.45, 7) is 11.1. The van der Waals surface area contributed by atoms with Crippen molar-refractivity contribution < 1.29 is 0 Å². The second-order valence-electron chi connectivity index (χ2n) is 5.98. The van der Waals surface area contributed by atoms with Crippen LogP contribution in [0.25, 0.3) is 0 Å². The van der Waals surface area contributed by atoms with Gasteiger partial charge in [0.05, 0.1) is 6.17 Å². The largest absolute Gasteiger partial charge is 0.317 e. The Morgan fingerprint density at radius 2 is 1.40 bits per heavy atom. The predicted molar refractivity (Wildman–Crippen MR) is 90.0 cm³/mol. The Morgan fingerprint density at radius 3 is 2.05 bits per heavy atom. The summed E-state index contributed by atoms with van der Waals surface area (Å²) in [5.74, 6) is 0. The van der Waals surface area contributed by atoms with E-state index in [1.54, 1.807) is 0 Å². The summed E-state index contributed by atoms with van der Waals surface area (Å²) in [6.07, 6.45) is 8.69. The Balaban J connectivity index is 3.09. The molecule has 4 nitrogen and oxygen atoms in total. The van der Waals surface area contributed by atoms with Gasteiger partial charge in [0.15, 0.2) is 0 Å². The van der Waals surface area contributed by atoms with Gasteiger partial charge in [-0.3, -0.25) is 0 Å². The molecule has 4 heteroatoms. The first-order valence-electron chi connectivity index (χ1n) is 8.59. The first-order chi connectivity index (χ1) is 9.66. The number of rotatable bonds is 15. The molecule has 0 aliphatic carbocycles. The van der Waals surface area contributed by atoms with Crippen LogP contribution < -0.4 is 21.7 Å². The van der Waals surface area contributed by atoms with Gasteiger partial charge in [0, 0.05) is 6.04 Å². The monoisotopic (exact) mass is 286 g/mol. The van der Waals surface area contributed by atoms with E-state index in [0.29, 0.717) is 6.04 Å². The fourth-order valence-electron chi connectivity index (χ4n) is 2.07. The average molecular weight is 287 g/mol. The van der Waals surface area contributed by atoms with Crippen LogP contribution in [-0.2, 0) is 0 Å². The molecular formula is C16H38N4. The van der Waals surface area contributed by atoms with Gasteiger partial charge in [0.1, 0.15) is 0 Å². The molecule has 0 aliphatic rings. The molecule has 0 saturated carbocycles. The topological polar surface area (TPSA) is 62.1 Å². The molecule has 0 aliphatic heterocycles. The van der Waals surface area contributed by atoms with Crippen molar-refractivity contribution in [3.63, 3.8) is 0 Å². The van der Waals surface area contributed by atoms with Crippen LogP contribution in [0.4, 0.5) is 0 Å². The van der Waals surface area contributed by atoms with Crippen LogP contribution in [0.5, 0.6) is 0 Å². The number of hydrogen-bond acceptors (Lipinski definition) is 4. The molecule has 0 saturated heterocycles. The summed E-state index contributed by atoms with van der Waals surface area (Å²) in [4.78, 5) is 0. The Kier molecular flexibility index (Phi) is 15.1. The number of hydrogen-bond donors (Lipinski definition) is 4. The molecular weight excluding hydrogens is 248 g/mol. The van der Waals surface area contributed by atoms with Crippen LogP contribution in [0.3, 0.4) is 0 Å². The Hall–Kier alpha value is -0.160. The second kappa shape index (κ2) is 15.2. The standard InChI is InChI=1S/C16H38N4/c1-4-5-13-20-16(17)10-6-7-11-18-12-8-9-14-19-15(2)3/h15-16,18-20H,4-14,17H2,1-3H3. The molecule has 1 unspecified atom stereocenters. The first kappa shape index (κ1) is 19.8. The molecule has 1 atom stereocenters. The highest BCUT2D eigenvalue weighted by molar-refractivity contribution is 4.60. The highest BCUT2D eigenvalue weighted by atomic mass is 15.0. The SMILES string of the molecule is CCCCNC(N)CCCCNCCCCNC(C)C. The second-order valence-corrected chi connectivity index (χ2v) is 5.98. The molecule has 0 aromatic carbocycles. The van der Waals surface area contributed by atoms with Crippen molar-refractivity contribution in [1.82, 2.24) is 16.0 Å². The number of nitrogens with two attached hydrogens (primary N) is 1. The van der Waals surface area contributed by atoms with E-state index in [0.717, 1.165) is 32.6 Å². The van der Waals surface area contributed by atoms with E-state index in [4.69, 9.17) is 5.73 Å². The average Bonchev–Trinajstić information content (AvgIpc) is 2.41. The van der Waals surface area contributed by atoms with Crippen molar-refractivity contribution in [2.24, 2.45) is 5.73 Å². The van der Waals surface area contributed by atoms with Crippen molar-refractivity contribution >= 4 is 0 Å². The zero-order chi connectivity index (χ0) is 15.1. The third-order valence-corrected chi connectivity index (χ3v) is 3.39. The molecule has 20 heavy (non-hydrogen) atoms.